The van der Waals surface area contributed by atoms with Crippen molar-refractivity contribution in [3.63, 3.8) is 0 Å². The number of aliphatic hydroxyl groups excluding tert-OH is 2. The molecule has 2 saturated heterocycles. The van der Waals surface area contributed by atoms with Gasteiger partial charge in [-0.2, -0.15) is 0 Å². The number of carbonyl (C=O) groups is 2. The van der Waals surface area contributed by atoms with Crippen LogP contribution in [0.5, 0.6) is 0 Å². The first-order valence-electron chi connectivity index (χ1n) is 7.90. The Hall–Kier alpha value is -2.39. The minimum atomic E-state index is -0.921. The van der Waals surface area contributed by atoms with E-state index in [0.29, 0.717) is 5.69 Å². The number of aliphatic hydroxyl groups is 2. The monoisotopic (exact) mass is 353 g/mol. The number of hydrogen-bond donors (Lipinski definition) is 2. The zero-order valence-corrected chi connectivity index (χ0v) is 13.9. The quantitative estimate of drug-likeness (QED) is 0.802. The number of likely N-dealkylation sites (N-methyl/N-ethyl adjacent to an activating group) is 1. The molecule has 2 amide bonds. The van der Waals surface area contributed by atoms with Gasteiger partial charge >= 0.3 is 6.09 Å². The van der Waals surface area contributed by atoms with Crippen LogP contribution >= 0.6 is 0 Å². The van der Waals surface area contributed by atoms with Crippen LogP contribution in [0.3, 0.4) is 0 Å². The summed E-state index contributed by atoms with van der Waals surface area (Å²) in [6, 6.07) is 4.25. The van der Waals surface area contributed by atoms with E-state index in [4.69, 9.17) is 4.74 Å². The number of rotatable bonds is 3. The first-order chi connectivity index (χ1) is 11.8. The van der Waals surface area contributed by atoms with Crippen LogP contribution in [-0.4, -0.2) is 72.2 Å². The molecule has 0 spiro atoms. The van der Waals surface area contributed by atoms with Crippen molar-refractivity contribution in [2.45, 2.75) is 25.4 Å². The second-order valence-corrected chi connectivity index (χ2v) is 6.25. The molecule has 0 saturated carbocycles. The van der Waals surface area contributed by atoms with E-state index < -0.39 is 30.3 Å². The third-order valence-corrected chi connectivity index (χ3v) is 4.57. The van der Waals surface area contributed by atoms with E-state index in [9.17, 15) is 24.2 Å². The number of ether oxygens (including phenoxy) is 1. The van der Waals surface area contributed by atoms with Crippen LogP contribution < -0.4 is 9.80 Å². The fourth-order valence-electron chi connectivity index (χ4n) is 2.95. The van der Waals surface area contributed by atoms with Gasteiger partial charge in [-0.05, 0) is 18.2 Å². The number of nitrogens with zero attached hydrogens (tertiary/aromatic N) is 3. The number of halogens is 1. The Labute approximate surface area is 144 Å². The predicted molar refractivity (Wildman–Crippen MR) is 86.7 cm³/mol. The molecular weight excluding hydrogens is 333 g/mol. The van der Waals surface area contributed by atoms with Gasteiger partial charge in [0.05, 0.1) is 30.1 Å². The summed E-state index contributed by atoms with van der Waals surface area (Å²) in [5.74, 6) is -0.817. The Morgan fingerprint density at radius 2 is 1.92 bits per heavy atom. The molecule has 25 heavy (non-hydrogen) atoms. The van der Waals surface area contributed by atoms with Crippen LogP contribution in [0.1, 0.15) is 6.92 Å². The molecule has 2 aliphatic rings. The lowest BCUT2D eigenvalue weighted by Crippen LogP contribution is -2.38. The fraction of sp³-hybridized carbons (Fsp3) is 0.500. The van der Waals surface area contributed by atoms with E-state index in [0.717, 1.165) is 0 Å². The van der Waals surface area contributed by atoms with Crippen LogP contribution in [0.2, 0.25) is 0 Å². The van der Waals surface area contributed by atoms with E-state index in [1.54, 1.807) is 11.0 Å². The molecule has 0 aromatic heterocycles. The first kappa shape index (κ1) is 17.4. The van der Waals surface area contributed by atoms with Crippen molar-refractivity contribution in [3.8, 4) is 0 Å². The van der Waals surface area contributed by atoms with Crippen molar-refractivity contribution in [3.05, 3.63) is 24.0 Å². The number of amides is 2. The number of carbonyl (C=O) groups excluding carboxylic acids is 2. The summed E-state index contributed by atoms with van der Waals surface area (Å²) in [7, 11) is 1.53. The number of cyclic esters (lactones) is 1. The van der Waals surface area contributed by atoms with Crippen molar-refractivity contribution in [2.75, 3.05) is 36.5 Å². The lowest BCUT2D eigenvalue weighted by atomic mass is 10.2. The van der Waals surface area contributed by atoms with E-state index in [1.807, 2.05) is 0 Å². The highest BCUT2D eigenvalue weighted by molar-refractivity contribution is 5.90. The molecule has 0 aliphatic carbocycles. The molecule has 0 radical (unpaired) electrons. The van der Waals surface area contributed by atoms with Gasteiger partial charge in [0.15, 0.2) is 6.23 Å². The number of benzene rings is 1. The molecule has 2 fully saturated rings. The smallest absolute Gasteiger partial charge is 0.416 e. The lowest BCUT2D eigenvalue weighted by Gasteiger charge is -2.21. The first-order valence-corrected chi connectivity index (χ1v) is 7.90. The molecule has 1 aromatic carbocycles. The van der Waals surface area contributed by atoms with Crippen LogP contribution in [0, 0.1) is 5.82 Å². The molecule has 2 aliphatic heterocycles. The van der Waals surface area contributed by atoms with Crippen molar-refractivity contribution < 1.29 is 28.9 Å². The predicted octanol–water partition coefficient (Wildman–Crippen LogP) is 0.128. The van der Waals surface area contributed by atoms with Gasteiger partial charge in [-0.3, -0.25) is 9.69 Å². The third-order valence-electron chi connectivity index (χ3n) is 4.57. The standard InChI is InChI=1S/C16H20FN3O5/c1-9(21)18(2)15-8-20(16(24)25-15)10-3-4-12(11(17)5-10)19-6-13(22)14(23)7-19/h3-5,13-15,22-23H,6-8H2,1-2H3/t13-,14-,15?/m0/s1. The van der Waals surface area contributed by atoms with Crippen molar-refractivity contribution in [2.24, 2.45) is 0 Å². The van der Waals surface area contributed by atoms with Crippen LogP contribution in [-0.2, 0) is 9.53 Å². The van der Waals surface area contributed by atoms with E-state index in [1.165, 1.54) is 35.9 Å². The molecular formula is C16H20FN3O5. The van der Waals surface area contributed by atoms with Crippen LogP contribution in [0.25, 0.3) is 0 Å². The van der Waals surface area contributed by atoms with Gasteiger partial charge in [-0.25, -0.2) is 9.18 Å². The summed E-state index contributed by atoms with van der Waals surface area (Å²) in [5.41, 5.74) is 0.551. The maximum atomic E-state index is 14.5. The summed E-state index contributed by atoms with van der Waals surface area (Å²) < 4.78 is 19.6. The summed E-state index contributed by atoms with van der Waals surface area (Å²) in [4.78, 5) is 27.5. The molecule has 3 rings (SSSR count). The van der Waals surface area contributed by atoms with Crippen LogP contribution in [0.15, 0.2) is 18.2 Å². The highest BCUT2D eigenvalue weighted by atomic mass is 19.1. The van der Waals surface area contributed by atoms with Gasteiger partial charge in [-0.15, -0.1) is 0 Å². The minimum Gasteiger partial charge on any atom is -0.423 e. The van der Waals surface area contributed by atoms with Gasteiger partial charge < -0.3 is 24.7 Å². The van der Waals surface area contributed by atoms with E-state index in [-0.39, 0.29) is 31.2 Å². The Morgan fingerprint density at radius 1 is 1.28 bits per heavy atom. The maximum absolute atomic E-state index is 14.5. The lowest BCUT2D eigenvalue weighted by molar-refractivity contribution is -0.134. The van der Waals surface area contributed by atoms with Crippen molar-refractivity contribution in [1.82, 2.24) is 4.90 Å². The molecule has 3 atom stereocenters. The molecule has 0 bridgehead atoms. The molecule has 136 valence electrons. The third kappa shape index (κ3) is 3.24. The van der Waals surface area contributed by atoms with Gasteiger partial charge in [0.1, 0.15) is 5.82 Å². The van der Waals surface area contributed by atoms with Crippen molar-refractivity contribution >= 4 is 23.4 Å². The molecule has 1 aromatic rings. The molecule has 1 unspecified atom stereocenters. The SMILES string of the molecule is CC(=O)N(C)C1CN(c2ccc(N3C[C@H](O)[C@@H](O)C3)c(F)c2)C(=O)O1. The normalized spacial score (nSPS) is 26.1. The second kappa shape index (κ2) is 6.49. The summed E-state index contributed by atoms with van der Waals surface area (Å²) in [6.07, 6.45) is -3.22. The molecule has 9 heteroatoms. The number of hydrogen-bond acceptors (Lipinski definition) is 6. The average Bonchev–Trinajstić information content (AvgIpc) is 3.09. The summed E-state index contributed by atoms with van der Waals surface area (Å²) in [6.45, 7) is 1.74. The van der Waals surface area contributed by atoms with Gasteiger partial charge in [-0.1, -0.05) is 0 Å². The second-order valence-electron chi connectivity index (χ2n) is 6.25. The van der Waals surface area contributed by atoms with E-state index >= 15 is 0 Å². The molecule has 8 nitrogen and oxygen atoms in total. The Kier molecular flexibility index (Phi) is 4.53. The minimum absolute atomic E-state index is 0.106. The fourth-order valence-corrected chi connectivity index (χ4v) is 2.95. The zero-order chi connectivity index (χ0) is 18.3. The Morgan fingerprint density at radius 3 is 2.48 bits per heavy atom. The number of β-amino-alcohol motifs (C(OH)–C–C–N with tert-alkyl or cyclic N) is 2. The van der Waals surface area contributed by atoms with Crippen molar-refractivity contribution in [1.29, 1.82) is 0 Å². The van der Waals surface area contributed by atoms with Gasteiger partial charge in [0.2, 0.25) is 5.91 Å². The van der Waals surface area contributed by atoms with E-state index in [2.05, 4.69) is 0 Å². The molecule has 2 heterocycles. The highest BCUT2D eigenvalue weighted by Crippen LogP contribution is 2.30. The zero-order valence-electron chi connectivity index (χ0n) is 13.9. The van der Waals surface area contributed by atoms with Gasteiger partial charge in [0, 0.05) is 27.1 Å². The summed E-state index contributed by atoms with van der Waals surface area (Å²) in [5, 5.41) is 19.2. The highest BCUT2D eigenvalue weighted by Gasteiger charge is 2.36. The number of anilines is 2. The topological polar surface area (TPSA) is 93.6 Å². The summed E-state index contributed by atoms with van der Waals surface area (Å²) >= 11 is 0. The van der Waals surface area contributed by atoms with Gasteiger partial charge in [0.25, 0.3) is 0 Å². The Bertz CT molecular complexity index is 690. The average molecular weight is 353 g/mol. The largest absolute Gasteiger partial charge is 0.423 e. The molecule has 2 N–H and O–H groups in total. The van der Waals surface area contributed by atoms with Crippen LogP contribution in [0.4, 0.5) is 20.6 Å². The Balaban J connectivity index is 1.77. The maximum Gasteiger partial charge on any atom is 0.416 e.